The molecule has 112 valence electrons. The van der Waals surface area contributed by atoms with Crippen molar-refractivity contribution in [3.63, 3.8) is 0 Å². The zero-order valence-electron chi connectivity index (χ0n) is 11.8. The molecule has 6 heteroatoms. The number of sulfonamides is 1. The third kappa shape index (κ3) is 3.06. The molecule has 2 rings (SSSR count). The van der Waals surface area contributed by atoms with Crippen molar-refractivity contribution >= 4 is 16.0 Å². The summed E-state index contributed by atoms with van der Waals surface area (Å²) in [5, 5.41) is 9.28. The predicted molar refractivity (Wildman–Crippen MR) is 79.3 cm³/mol. The predicted octanol–water partition coefficient (Wildman–Crippen LogP) is 1.86. The van der Waals surface area contributed by atoms with Crippen LogP contribution in [0.5, 0.6) is 0 Å². The Morgan fingerprint density at radius 3 is 2.57 bits per heavy atom. The van der Waals surface area contributed by atoms with Gasteiger partial charge in [-0.25, -0.2) is 13.1 Å². The second-order valence-electron chi connectivity index (χ2n) is 5.21. The summed E-state index contributed by atoms with van der Waals surface area (Å²) in [6.45, 7) is 3.25. The maximum atomic E-state index is 12.5. The molecule has 0 radical (unpaired) electrons. The van der Waals surface area contributed by atoms with E-state index in [1.807, 2.05) is 0 Å². The molecule has 0 saturated heterocycles. The third-order valence-electron chi connectivity index (χ3n) is 3.51. The van der Waals surface area contributed by atoms with Gasteiger partial charge < -0.3 is 5.11 Å². The van der Waals surface area contributed by atoms with Crippen LogP contribution in [0.1, 0.15) is 12.5 Å². The van der Waals surface area contributed by atoms with E-state index >= 15 is 0 Å². The van der Waals surface area contributed by atoms with Gasteiger partial charge in [-0.15, -0.1) is 0 Å². The number of carbonyl (C=O) groups is 1. The second-order valence-corrected chi connectivity index (χ2v) is 6.86. The summed E-state index contributed by atoms with van der Waals surface area (Å²) in [5.74, 6) is -2.04. The van der Waals surface area contributed by atoms with Crippen molar-refractivity contribution in [3.05, 3.63) is 54.1 Å². The molecule has 1 aromatic carbocycles. The number of aryl methyl sites for hydroxylation is 1. The number of carboxylic acid groups (broad SMARTS) is 1. The fourth-order valence-electron chi connectivity index (χ4n) is 2.37. The SMILES string of the molecule is Cc1ccccc1S(=O)(=O)NC1(C)C=CC=CC1C(=O)O. The summed E-state index contributed by atoms with van der Waals surface area (Å²) in [5.41, 5.74) is -0.599. The van der Waals surface area contributed by atoms with Gasteiger partial charge in [-0.2, -0.15) is 0 Å². The van der Waals surface area contributed by atoms with Crippen LogP contribution in [0.15, 0.2) is 53.5 Å². The van der Waals surface area contributed by atoms with Crippen molar-refractivity contribution in [2.45, 2.75) is 24.3 Å². The fraction of sp³-hybridized carbons (Fsp3) is 0.267. The van der Waals surface area contributed by atoms with E-state index in [4.69, 9.17) is 0 Å². The quantitative estimate of drug-likeness (QED) is 0.889. The molecule has 0 fully saturated rings. The van der Waals surface area contributed by atoms with E-state index in [1.54, 1.807) is 50.3 Å². The second kappa shape index (κ2) is 5.46. The molecule has 5 nitrogen and oxygen atoms in total. The van der Waals surface area contributed by atoms with Crippen molar-refractivity contribution in [1.29, 1.82) is 0 Å². The van der Waals surface area contributed by atoms with Crippen LogP contribution in [0, 0.1) is 12.8 Å². The lowest BCUT2D eigenvalue weighted by molar-refractivity contribution is -0.141. The Hall–Kier alpha value is -1.92. The van der Waals surface area contributed by atoms with E-state index in [1.165, 1.54) is 12.1 Å². The summed E-state index contributed by atoms with van der Waals surface area (Å²) in [6.07, 6.45) is 6.27. The minimum atomic E-state index is -3.81. The highest BCUT2D eigenvalue weighted by molar-refractivity contribution is 7.89. The highest BCUT2D eigenvalue weighted by Crippen LogP contribution is 2.27. The molecule has 2 unspecified atom stereocenters. The average molecular weight is 307 g/mol. The number of hydrogen-bond donors (Lipinski definition) is 2. The van der Waals surface area contributed by atoms with E-state index in [0.29, 0.717) is 5.56 Å². The topological polar surface area (TPSA) is 83.5 Å². The van der Waals surface area contributed by atoms with E-state index in [2.05, 4.69) is 4.72 Å². The van der Waals surface area contributed by atoms with E-state index in [9.17, 15) is 18.3 Å². The Labute approximate surface area is 124 Å². The van der Waals surface area contributed by atoms with Crippen molar-refractivity contribution in [3.8, 4) is 0 Å². The highest BCUT2D eigenvalue weighted by Gasteiger charge is 2.40. The first-order valence-electron chi connectivity index (χ1n) is 6.45. The van der Waals surface area contributed by atoms with E-state index in [0.717, 1.165) is 0 Å². The smallest absolute Gasteiger partial charge is 0.312 e. The Morgan fingerprint density at radius 1 is 1.29 bits per heavy atom. The normalized spacial score (nSPS) is 25.0. The number of allylic oxidation sites excluding steroid dienone is 2. The number of aliphatic carboxylic acids is 1. The molecule has 0 spiro atoms. The van der Waals surface area contributed by atoms with Gasteiger partial charge in [0.25, 0.3) is 0 Å². The molecule has 0 amide bonds. The summed E-state index contributed by atoms with van der Waals surface area (Å²) in [6, 6.07) is 6.58. The minimum absolute atomic E-state index is 0.151. The van der Waals surface area contributed by atoms with Gasteiger partial charge in [-0.3, -0.25) is 4.79 Å². The first-order chi connectivity index (χ1) is 9.76. The van der Waals surface area contributed by atoms with Gasteiger partial charge in [0.1, 0.15) is 0 Å². The lowest BCUT2D eigenvalue weighted by Gasteiger charge is -2.33. The van der Waals surface area contributed by atoms with Crippen LogP contribution in [0.3, 0.4) is 0 Å². The summed E-state index contributed by atoms with van der Waals surface area (Å²) >= 11 is 0. The Kier molecular flexibility index (Phi) is 4.02. The van der Waals surface area contributed by atoms with Crippen molar-refractivity contribution in [1.82, 2.24) is 4.72 Å². The standard InChI is InChI=1S/C15H17NO4S/c1-11-7-3-4-9-13(11)21(19,20)16-15(2)10-6-5-8-12(15)14(17)18/h3-10,12,16H,1-2H3,(H,17,18). The number of rotatable bonds is 4. The van der Waals surface area contributed by atoms with Gasteiger partial charge in [-0.05, 0) is 25.5 Å². The highest BCUT2D eigenvalue weighted by atomic mass is 32.2. The van der Waals surface area contributed by atoms with Gasteiger partial charge in [0.15, 0.2) is 0 Å². The number of nitrogens with one attached hydrogen (secondary N) is 1. The molecule has 2 N–H and O–H groups in total. The van der Waals surface area contributed by atoms with Crippen LogP contribution >= 0.6 is 0 Å². The minimum Gasteiger partial charge on any atom is -0.481 e. The molecule has 0 bridgehead atoms. The zero-order valence-corrected chi connectivity index (χ0v) is 12.6. The summed E-state index contributed by atoms with van der Waals surface area (Å²) < 4.78 is 27.6. The largest absolute Gasteiger partial charge is 0.481 e. The summed E-state index contributed by atoms with van der Waals surface area (Å²) in [4.78, 5) is 11.5. The fourth-order valence-corrected chi connectivity index (χ4v) is 4.01. The molecular weight excluding hydrogens is 290 g/mol. The van der Waals surface area contributed by atoms with Crippen LogP contribution in [0.4, 0.5) is 0 Å². The molecule has 1 aliphatic rings. The van der Waals surface area contributed by atoms with Crippen LogP contribution in [0.2, 0.25) is 0 Å². The maximum absolute atomic E-state index is 12.5. The Morgan fingerprint density at radius 2 is 1.95 bits per heavy atom. The molecule has 0 aliphatic heterocycles. The third-order valence-corrected chi connectivity index (χ3v) is 5.25. The molecule has 2 atom stereocenters. The average Bonchev–Trinajstić information content (AvgIpc) is 2.37. The first kappa shape index (κ1) is 15.5. The van der Waals surface area contributed by atoms with Gasteiger partial charge >= 0.3 is 5.97 Å². The molecule has 21 heavy (non-hydrogen) atoms. The maximum Gasteiger partial charge on any atom is 0.312 e. The number of hydrogen-bond acceptors (Lipinski definition) is 3. The van der Waals surface area contributed by atoms with E-state index in [-0.39, 0.29) is 4.90 Å². The lowest BCUT2D eigenvalue weighted by Crippen LogP contribution is -2.52. The Bertz CT molecular complexity index is 721. The van der Waals surface area contributed by atoms with Crippen LogP contribution in [-0.2, 0) is 14.8 Å². The molecular formula is C15H17NO4S. The number of carboxylic acids is 1. The zero-order chi connectivity index (χ0) is 15.7. The van der Waals surface area contributed by atoms with Gasteiger partial charge in [0.05, 0.1) is 16.4 Å². The molecule has 0 heterocycles. The van der Waals surface area contributed by atoms with Gasteiger partial charge in [-0.1, -0.05) is 42.5 Å². The number of benzene rings is 1. The van der Waals surface area contributed by atoms with Crippen molar-refractivity contribution in [2.24, 2.45) is 5.92 Å². The van der Waals surface area contributed by atoms with Crippen LogP contribution in [0.25, 0.3) is 0 Å². The van der Waals surface area contributed by atoms with Crippen LogP contribution in [-0.4, -0.2) is 25.0 Å². The monoisotopic (exact) mass is 307 g/mol. The molecule has 0 aromatic heterocycles. The molecule has 1 aromatic rings. The molecule has 1 aliphatic carbocycles. The lowest BCUT2D eigenvalue weighted by atomic mass is 9.83. The van der Waals surface area contributed by atoms with Gasteiger partial charge in [0, 0.05) is 0 Å². The Balaban J connectivity index is 2.40. The molecule has 0 saturated carbocycles. The van der Waals surface area contributed by atoms with Gasteiger partial charge in [0.2, 0.25) is 10.0 Å². The van der Waals surface area contributed by atoms with Crippen LogP contribution < -0.4 is 4.72 Å². The van der Waals surface area contributed by atoms with Crippen molar-refractivity contribution < 1.29 is 18.3 Å². The summed E-state index contributed by atoms with van der Waals surface area (Å²) in [7, 11) is -3.81. The first-order valence-corrected chi connectivity index (χ1v) is 7.93. The van der Waals surface area contributed by atoms with Crippen molar-refractivity contribution in [2.75, 3.05) is 0 Å². The van der Waals surface area contributed by atoms with E-state index < -0.39 is 27.4 Å².